The lowest BCUT2D eigenvalue weighted by atomic mass is 9.98. The Kier molecular flexibility index (Phi) is 5.04. The van der Waals surface area contributed by atoms with Crippen molar-refractivity contribution in [2.75, 3.05) is 39.9 Å². The summed E-state index contributed by atoms with van der Waals surface area (Å²) in [5.74, 6) is 4.70. The summed E-state index contributed by atoms with van der Waals surface area (Å²) in [7, 11) is 1.92. The molecule has 1 N–H and O–H groups in total. The first kappa shape index (κ1) is 15.1. The highest BCUT2D eigenvalue weighted by Crippen LogP contribution is 2.48. The van der Waals surface area contributed by atoms with Crippen molar-refractivity contribution in [3.8, 4) is 0 Å². The molecule has 3 fully saturated rings. The molecule has 0 aromatic carbocycles. The van der Waals surface area contributed by atoms with Gasteiger partial charge in [0.2, 0.25) is 0 Å². The van der Waals surface area contributed by atoms with Gasteiger partial charge in [-0.2, -0.15) is 0 Å². The fourth-order valence-corrected chi connectivity index (χ4v) is 3.75. The van der Waals surface area contributed by atoms with Gasteiger partial charge in [0.15, 0.2) is 5.96 Å². The summed E-state index contributed by atoms with van der Waals surface area (Å²) in [5, 5.41) is 3.67. The first-order chi connectivity index (χ1) is 10.3. The molecule has 0 amide bonds. The summed E-state index contributed by atoms with van der Waals surface area (Å²) < 4.78 is 5.57. The van der Waals surface area contributed by atoms with Crippen molar-refractivity contribution in [2.45, 2.75) is 39.0 Å². The molecule has 1 unspecified atom stereocenters. The van der Waals surface area contributed by atoms with Crippen LogP contribution in [-0.4, -0.2) is 50.8 Å². The Hall–Kier alpha value is -0.770. The Balaban J connectivity index is 1.44. The number of hydrogen-bond acceptors (Lipinski definition) is 2. The Morgan fingerprint density at radius 2 is 1.95 bits per heavy atom. The normalized spacial score (nSPS) is 26.7. The maximum Gasteiger partial charge on any atom is 0.193 e. The molecule has 3 aliphatic rings. The number of hydrogen-bond donors (Lipinski definition) is 1. The molecule has 0 radical (unpaired) electrons. The van der Waals surface area contributed by atoms with Crippen molar-refractivity contribution in [1.82, 2.24) is 10.2 Å². The molecule has 0 bridgehead atoms. The average Bonchev–Trinajstić information content (AvgIpc) is 3.42. The maximum atomic E-state index is 5.57. The predicted octanol–water partition coefficient (Wildman–Crippen LogP) is 2.36. The van der Waals surface area contributed by atoms with E-state index in [9.17, 15) is 0 Å². The van der Waals surface area contributed by atoms with E-state index in [4.69, 9.17) is 4.74 Å². The zero-order valence-corrected chi connectivity index (χ0v) is 13.7. The van der Waals surface area contributed by atoms with Crippen LogP contribution in [0.4, 0.5) is 0 Å². The molecule has 2 saturated carbocycles. The molecule has 4 nitrogen and oxygen atoms in total. The fraction of sp³-hybridized carbons (Fsp3) is 0.941. The minimum absolute atomic E-state index is 0.672. The van der Waals surface area contributed by atoms with Crippen LogP contribution in [0, 0.1) is 23.7 Å². The summed E-state index contributed by atoms with van der Waals surface area (Å²) in [5.41, 5.74) is 0. The second-order valence-corrected chi connectivity index (χ2v) is 7.03. The summed E-state index contributed by atoms with van der Waals surface area (Å²) in [6.07, 6.45) is 7.07. The van der Waals surface area contributed by atoms with E-state index >= 15 is 0 Å². The number of nitrogens with one attached hydrogen (secondary N) is 1. The van der Waals surface area contributed by atoms with Crippen LogP contribution in [0.15, 0.2) is 4.99 Å². The van der Waals surface area contributed by atoms with Gasteiger partial charge in [-0.1, -0.05) is 0 Å². The van der Waals surface area contributed by atoms with Gasteiger partial charge in [0.1, 0.15) is 0 Å². The highest BCUT2D eigenvalue weighted by molar-refractivity contribution is 5.80. The maximum absolute atomic E-state index is 5.57. The Morgan fingerprint density at radius 3 is 2.52 bits per heavy atom. The Labute approximate surface area is 129 Å². The molecule has 0 aromatic heterocycles. The van der Waals surface area contributed by atoms with Crippen LogP contribution in [0.1, 0.15) is 39.0 Å². The third-order valence-electron chi connectivity index (χ3n) is 5.31. The van der Waals surface area contributed by atoms with Crippen LogP contribution in [0.3, 0.4) is 0 Å². The van der Waals surface area contributed by atoms with E-state index in [1.165, 1.54) is 32.1 Å². The second-order valence-electron chi connectivity index (χ2n) is 7.03. The molecule has 0 aromatic rings. The van der Waals surface area contributed by atoms with Crippen molar-refractivity contribution in [3.05, 3.63) is 0 Å². The van der Waals surface area contributed by atoms with Crippen molar-refractivity contribution < 1.29 is 4.74 Å². The van der Waals surface area contributed by atoms with E-state index in [-0.39, 0.29) is 0 Å². The third kappa shape index (κ3) is 4.12. The van der Waals surface area contributed by atoms with Crippen molar-refractivity contribution in [2.24, 2.45) is 28.7 Å². The minimum Gasteiger partial charge on any atom is -0.381 e. The van der Waals surface area contributed by atoms with Gasteiger partial charge in [-0.05, 0) is 56.8 Å². The van der Waals surface area contributed by atoms with Crippen LogP contribution >= 0.6 is 0 Å². The summed E-state index contributed by atoms with van der Waals surface area (Å²) >= 11 is 0. The fourth-order valence-electron chi connectivity index (χ4n) is 3.75. The zero-order valence-electron chi connectivity index (χ0n) is 13.7. The van der Waals surface area contributed by atoms with E-state index in [1.807, 2.05) is 7.05 Å². The summed E-state index contributed by atoms with van der Waals surface area (Å²) in [4.78, 5) is 6.92. The molecule has 1 atom stereocenters. The van der Waals surface area contributed by atoms with Gasteiger partial charge in [-0.3, -0.25) is 4.99 Å². The van der Waals surface area contributed by atoms with Gasteiger partial charge in [0.05, 0.1) is 6.61 Å². The average molecular weight is 293 g/mol. The number of likely N-dealkylation sites (tertiary alicyclic amines) is 1. The number of guanidine groups is 1. The zero-order chi connectivity index (χ0) is 14.7. The lowest BCUT2D eigenvalue weighted by Crippen LogP contribution is -2.42. The van der Waals surface area contributed by atoms with Crippen molar-refractivity contribution >= 4 is 5.96 Å². The first-order valence-electron chi connectivity index (χ1n) is 8.85. The van der Waals surface area contributed by atoms with Crippen LogP contribution in [0.5, 0.6) is 0 Å². The third-order valence-corrected chi connectivity index (χ3v) is 5.31. The first-order valence-corrected chi connectivity index (χ1v) is 8.85. The Morgan fingerprint density at radius 1 is 1.24 bits per heavy atom. The van der Waals surface area contributed by atoms with E-state index in [0.717, 1.165) is 56.6 Å². The largest absolute Gasteiger partial charge is 0.381 e. The van der Waals surface area contributed by atoms with E-state index in [2.05, 4.69) is 22.1 Å². The van der Waals surface area contributed by atoms with Gasteiger partial charge in [0, 0.05) is 39.2 Å². The molecule has 120 valence electrons. The molecular formula is C17H31N3O. The molecule has 2 aliphatic carbocycles. The van der Waals surface area contributed by atoms with E-state index in [1.54, 1.807) is 0 Å². The quantitative estimate of drug-likeness (QED) is 0.578. The Bertz CT molecular complexity index is 351. The van der Waals surface area contributed by atoms with E-state index < -0.39 is 0 Å². The van der Waals surface area contributed by atoms with Crippen LogP contribution < -0.4 is 5.32 Å². The molecule has 1 heterocycles. The summed E-state index contributed by atoms with van der Waals surface area (Å²) in [6, 6.07) is 0. The topological polar surface area (TPSA) is 36.9 Å². The SMILES string of the molecule is CCOCC1CCN(C(=NC)NCC(C2CC2)C2CC2)C1. The monoisotopic (exact) mass is 293 g/mol. The number of aliphatic imine (C=N–C) groups is 1. The van der Waals surface area contributed by atoms with Gasteiger partial charge in [-0.15, -0.1) is 0 Å². The van der Waals surface area contributed by atoms with Crippen molar-refractivity contribution in [3.63, 3.8) is 0 Å². The van der Waals surface area contributed by atoms with Crippen LogP contribution in [0.2, 0.25) is 0 Å². The molecule has 0 spiro atoms. The van der Waals surface area contributed by atoms with Crippen molar-refractivity contribution in [1.29, 1.82) is 0 Å². The second kappa shape index (κ2) is 6.99. The summed E-state index contributed by atoms with van der Waals surface area (Å²) in [6.45, 7) is 7.15. The standard InChI is InChI=1S/C17H31N3O/c1-3-21-12-13-8-9-20(11-13)17(18-2)19-10-16(14-4-5-14)15-6-7-15/h13-16H,3-12H2,1-2H3,(H,18,19). The minimum atomic E-state index is 0.672. The highest BCUT2D eigenvalue weighted by atomic mass is 16.5. The smallest absolute Gasteiger partial charge is 0.193 e. The number of ether oxygens (including phenoxy) is 1. The van der Waals surface area contributed by atoms with Gasteiger partial charge >= 0.3 is 0 Å². The molecule has 4 heteroatoms. The number of rotatable bonds is 7. The van der Waals surface area contributed by atoms with Gasteiger partial charge in [0.25, 0.3) is 0 Å². The lowest BCUT2D eigenvalue weighted by Gasteiger charge is -2.24. The van der Waals surface area contributed by atoms with Gasteiger partial charge in [-0.25, -0.2) is 0 Å². The lowest BCUT2D eigenvalue weighted by molar-refractivity contribution is 0.114. The molecule has 1 aliphatic heterocycles. The highest BCUT2D eigenvalue weighted by Gasteiger charge is 2.41. The van der Waals surface area contributed by atoms with Gasteiger partial charge < -0.3 is 15.0 Å². The molecular weight excluding hydrogens is 262 g/mol. The molecule has 3 rings (SSSR count). The number of nitrogens with zero attached hydrogens (tertiary/aromatic N) is 2. The molecule has 21 heavy (non-hydrogen) atoms. The van der Waals surface area contributed by atoms with Crippen LogP contribution in [0.25, 0.3) is 0 Å². The predicted molar refractivity (Wildman–Crippen MR) is 86.5 cm³/mol. The van der Waals surface area contributed by atoms with E-state index in [0.29, 0.717) is 5.92 Å². The van der Waals surface area contributed by atoms with Crippen LogP contribution in [-0.2, 0) is 4.74 Å². The molecule has 1 saturated heterocycles.